The van der Waals surface area contributed by atoms with Crippen molar-refractivity contribution in [2.24, 2.45) is 0 Å². The predicted molar refractivity (Wildman–Crippen MR) is 89.2 cm³/mol. The molecule has 0 bridgehead atoms. The van der Waals surface area contributed by atoms with Gasteiger partial charge in [0.15, 0.2) is 0 Å². The van der Waals surface area contributed by atoms with Gasteiger partial charge in [0.25, 0.3) is 0 Å². The van der Waals surface area contributed by atoms with Crippen molar-refractivity contribution in [1.82, 2.24) is 0 Å². The quantitative estimate of drug-likeness (QED) is 0.755. The lowest BCUT2D eigenvalue weighted by molar-refractivity contribution is -0.144. The standard InChI is InChI=1S/C20H20O3/c1-14(21)7-6-12-20(22)23-13-19-17-10-4-2-8-15(17)16-9-3-5-11-18(16)19/h2-5,8-11,19H,6-7,12-13H2,1H3. The number of fused-ring (bicyclic) bond motifs is 3. The summed E-state index contributed by atoms with van der Waals surface area (Å²) in [5, 5.41) is 0. The van der Waals surface area contributed by atoms with Crippen LogP contribution in [0.5, 0.6) is 0 Å². The Kier molecular flexibility index (Phi) is 4.56. The highest BCUT2D eigenvalue weighted by atomic mass is 16.5. The van der Waals surface area contributed by atoms with E-state index in [9.17, 15) is 9.59 Å². The molecule has 3 rings (SSSR count). The third-order valence-electron chi connectivity index (χ3n) is 4.28. The van der Waals surface area contributed by atoms with Gasteiger partial charge in [0.1, 0.15) is 12.4 Å². The Morgan fingerprint density at radius 2 is 1.48 bits per heavy atom. The smallest absolute Gasteiger partial charge is 0.305 e. The molecule has 118 valence electrons. The summed E-state index contributed by atoms with van der Waals surface area (Å²) in [5.74, 6) is -0.0243. The molecule has 0 aliphatic heterocycles. The second-order valence-electron chi connectivity index (χ2n) is 5.97. The van der Waals surface area contributed by atoms with Crippen LogP contribution < -0.4 is 0 Å². The van der Waals surface area contributed by atoms with E-state index in [1.54, 1.807) is 0 Å². The first-order chi connectivity index (χ1) is 11.2. The molecular weight excluding hydrogens is 288 g/mol. The molecule has 0 N–H and O–H groups in total. The molecule has 0 radical (unpaired) electrons. The van der Waals surface area contributed by atoms with Crippen LogP contribution in [0.15, 0.2) is 48.5 Å². The Labute approximate surface area is 136 Å². The zero-order valence-corrected chi connectivity index (χ0v) is 13.2. The molecule has 0 amide bonds. The van der Waals surface area contributed by atoms with Gasteiger partial charge >= 0.3 is 5.97 Å². The van der Waals surface area contributed by atoms with Gasteiger partial charge < -0.3 is 9.53 Å². The molecule has 0 unspecified atom stereocenters. The van der Waals surface area contributed by atoms with Crippen molar-refractivity contribution in [3.8, 4) is 11.1 Å². The molecule has 0 fully saturated rings. The Balaban J connectivity index is 1.69. The maximum Gasteiger partial charge on any atom is 0.305 e. The summed E-state index contributed by atoms with van der Waals surface area (Å²) in [6.07, 6.45) is 1.30. The van der Waals surface area contributed by atoms with Gasteiger partial charge in [-0.3, -0.25) is 4.79 Å². The Morgan fingerprint density at radius 1 is 0.913 bits per heavy atom. The first-order valence-electron chi connectivity index (χ1n) is 8.00. The number of hydrogen-bond acceptors (Lipinski definition) is 3. The van der Waals surface area contributed by atoms with Crippen molar-refractivity contribution in [3.63, 3.8) is 0 Å². The van der Waals surface area contributed by atoms with Gasteiger partial charge in [-0.2, -0.15) is 0 Å². The van der Waals surface area contributed by atoms with Gasteiger partial charge in [-0.25, -0.2) is 0 Å². The van der Waals surface area contributed by atoms with Gasteiger partial charge in [0.05, 0.1) is 0 Å². The molecule has 1 aliphatic carbocycles. The molecule has 0 aromatic heterocycles. The number of ketones is 1. The molecule has 2 aromatic rings. The molecule has 3 heteroatoms. The highest BCUT2D eigenvalue weighted by Crippen LogP contribution is 2.44. The molecule has 0 atom stereocenters. The molecule has 0 saturated heterocycles. The number of hydrogen-bond donors (Lipinski definition) is 0. The molecule has 0 spiro atoms. The lowest BCUT2D eigenvalue weighted by Gasteiger charge is -2.14. The number of carbonyl (C=O) groups is 2. The second kappa shape index (κ2) is 6.78. The molecule has 23 heavy (non-hydrogen) atoms. The lowest BCUT2D eigenvalue weighted by Crippen LogP contribution is -2.12. The van der Waals surface area contributed by atoms with Crippen LogP contribution in [0.4, 0.5) is 0 Å². The van der Waals surface area contributed by atoms with Crippen LogP contribution in [-0.2, 0) is 14.3 Å². The average molecular weight is 308 g/mol. The van der Waals surface area contributed by atoms with Crippen molar-refractivity contribution in [3.05, 3.63) is 59.7 Å². The number of Topliss-reactive ketones (excluding diaryl/α,β-unsaturated/α-hetero) is 1. The summed E-state index contributed by atoms with van der Waals surface area (Å²) in [4.78, 5) is 22.8. The van der Waals surface area contributed by atoms with Crippen LogP contribution in [-0.4, -0.2) is 18.4 Å². The fourth-order valence-electron chi connectivity index (χ4n) is 3.17. The number of rotatable bonds is 6. The number of carbonyl (C=O) groups excluding carboxylic acids is 2. The maximum absolute atomic E-state index is 11.9. The Morgan fingerprint density at radius 3 is 2.04 bits per heavy atom. The van der Waals surface area contributed by atoms with Gasteiger partial charge in [0, 0.05) is 18.8 Å². The predicted octanol–water partition coefficient (Wildman–Crippen LogP) is 4.10. The van der Waals surface area contributed by atoms with Crippen molar-refractivity contribution < 1.29 is 14.3 Å². The summed E-state index contributed by atoms with van der Waals surface area (Å²) < 4.78 is 5.47. The fourth-order valence-corrected chi connectivity index (χ4v) is 3.17. The first kappa shape index (κ1) is 15.5. The zero-order valence-electron chi connectivity index (χ0n) is 13.2. The van der Waals surface area contributed by atoms with E-state index in [0.717, 1.165) is 0 Å². The van der Waals surface area contributed by atoms with Crippen LogP contribution in [0.2, 0.25) is 0 Å². The van der Waals surface area contributed by atoms with E-state index in [4.69, 9.17) is 4.74 Å². The van der Waals surface area contributed by atoms with Gasteiger partial charge in [-0.1, -0.05) is 48.5 Å². The topological polar surface area (TPSA) is 43.4 Å². The normalized spacial score (nSPS) is 12.6. The summed E-state index contributed by atoms with van der Waals surface area (Å²) in [6, 6.07) is 16.5. The van der Waals surface area contributed by atoms with E-state index in [1.165, 1.54) is 29.2 Å². The van der Waals surface area contributed by atoms with E-state index in [0.29, 0.717) is 25.9 Å². The van der Waals surface area contributed by atoms with Gasteiger partial charge in [-0.05, 0) is 35.6 Å². The monoisotopic (exact) mass is 308 g/mol. The van der Waals surface area contributed by atoms with E-state index >= 15 is 0 Å². The number of esters is 1. The third-order valence-corrected chi connectivity index (χ3v) is 4.28. The van der Waals surface area contributed by atoms with Gasteiger partial charge in [0.2, 0.25) is 0 Å². The molecule has 0 heterocycles. The lowest BCUT2D eigenvalue weighted by atomic mass is 9.98. The minimum atomic E-state index is -0.229. The molecular formula is C20H20O3. The summed E-state index contributed by atoms with van der Waals surface area (Å²) in [6.45, 7) is 1.89. The number of benzene rings is 2. The largest absolute Gasteiger partial charge is 0.465 e. The van der Waals surface area contributed by atoms with Crippen molar-refractivity contribution in [1.29, 1.82) is 0 Å². The summed E-state index contributed by atoms with van der Waals surface area (Å²) in [5.41, 5.74) is 4.87. The van der Waals surface area contributed by atoms with Crippen molar-refractivity contribution in [2.75, 3.05) is 6.61 Å². The number of ether oxygens (including phenoxy) is 1. The van der Waals surface area contributed by atoms with Crippen LogP contribution in [0.25, 0.3) is 11.1 Å². The van der Waals surface area contributed by atoms with Crippen molar-refractivity contribution in [2.45, 2.75) is 32.1 Å². The highest BCUT2D eigenvalue weighted by Gasteiger charge is 2.28. The summed E-state index contributed by atoms with van der Waals surface area (Å²) >= 11 is 0. The van der Waals surface area contributed by atoms with E-state index < -0.39 is 0 Å². The SMILES string of the molecule is CC(=O)CCCC(=O)OCC1c2ccccc2-c2ccccc21. The van der Waals surface area contributed by atoms with Crippen LogP contribution >= 0.6 is 0 Å². The van der Waals surface area contributed by atoms with Crippen LogP contribution in [0.3, 0.4) is 0 Å². The Bertz CT molecular complexity index is 688. The fraction of sp³-hybridized carbons (Fsp3) is 0.300. The minimum Gasteiger partial charge on any atom is -0.465 e. The molecule has 2 aromatic carbocycles. The van der Waals surface area contributed by atoms with Crippen molar-refractivity contribution >= 4 is 11.8 Å². The summed E-state index contributed by atoms with van der Waals surface area (Å²) in [7, 11) is 0. The molecule has 1 aliphatic rings. The average Bonchev–Trinajstić information content (AvgIpc) is 2.87. The van der Waals surface area contributed by atoms with Crippen LogP contribution in [0.1, 0.15) is 43.2 Å². The maximum atomic E-state index is 11.9. The molecule has 0 saturated carbocycles. The van der Waals surface area contributed by atoms with Gasteiger partial charge in [-0.15, -0.1) is 0 Å². The zero-order chi connectivity index (χ0) is 16.2. The third kappa shape index (κ3) is 3.34. The molecule has 3 nitrogen and oxygen atoms in total. The Hall–Kier alpha value is -2.42. The first-order valence-corrected chi connectivity index (χ1v) is 8.00. The van der Waals surface area contributed by atoms with E-state index in [2.05, 4.69) is 24.3 Å². The highest BCUT2D eigenvalue weighted by molar-refractivity contribution is 5.79. The van der Waals surface area contributed by atoms with E-state index in [1.807, 2.05) is 24.3 Å². The second-order valence-corrected chi connectivity index (χ2v) is 5.97. The minimum absolute atomic E-state index is 0.0964. The van der Waals surface area contributed by atoms with Crippen LogP contribution in [0, 0.1) is 0 Å². The van der Waals surface area contributed by atoms with E-state index in [-0.39, 0.29) is 17.7 Å².